The lowest BCUT2D eigenvalue weighted by atomic mass is 9.74. The molecule has 0 saturated carbocycles. The van der Waals surface area contributed by atoms with Crippen LogP contribution >= 0.6 is 0 Å². The highest BCUT2D eigenvalue weighted by Gasteiger charge is 2.64. The lowest BCUT2D eigenvalue weighted by Gasteiger charge is -2.28. The van der Waals surface area contributed by atoms with Gasteiger partial charge in [0.05, 0.1) is 0 Å². The van der Waals surface area contributed by atoms with E-state index in [-0.39, 0.29) is 13.0 Å². The summed E-state index contributed by atoms with van der Waals surface area (Å²) in [4.78, 5) is 11.1. The van der Waals surface area contributed by atoms with Crippen LogP contribution in [0.1, 0.15) is 12.0 Å². The Bertz CT molecular complexity index is 575. The highest BCUT2D eigenvalue weighted by atomic mass is 19.3. The minimum absolute atomic E-state index is 0.0689. The minimum atomic E-state index is -5.67. The number of nitrogens with two attached hydrogens (primary N) is 1. The first-order valence-electron chi connectivity index (χ1n) is 6.51. The number of nitrogens with one attached hydrogen (secondary N) is 1. The van der Waals surface area contributed by atoms with Crippen LogP contribution in [0, 0.1) is 0 Å². The molecule has 0 atom stereocenters. The second-order valence-corrected chi connectivity index (χ2v) is 4.62. The molecule has 134 valence electrons. The summed E-state index contributed by atoms with van der Waals surface area (Å²) in [7, 11) is -2.29. The number of carbonyl (C=O) groups is 1. The molecular formula is C12H13BF6N2O3. The van der Waals surface area contributed by atoms with E-state index in [1.165, 1.54) is 0 Å². The van der Waals surface area contributed by atoms with Gasteiger partial charge >= 0.3 is 25.4 Å². The second-order valence-electron chi connectivity index (χ2n) is 4.62. The van der Waals surface area contributed by atoms with Crippen molar-refractivity contribution in [3.63, 3.8) is 0 Å². The maximum atomic E-state index is 13.8. The zero-order valence-corrected chi connectivity index (χ0v) is 12.0. The molecule has 0 aliphatic carbocycles. The van der Waals surface area contributed by atoms with Crippen LogP contribution in [0.2, 0.25) is 0 Å². The Labute approximate surface area is 132 Å². The van der Waals surface area contributed by atoms with E-state index in [1.54, 1.807) is 5.48 Å². The molecule has 0 aliphatic heterocycles. The summed E-state index contributed by atoms with van der Waals surface area (Å²) in [6.07, 6.45) is -4.85. The average Bonchev–Trinajstić information content (AvgIpc) is 2.52. The van der Waals surface area contributed by atoms with Gasteiger partial charge in [0.1, 0.15) is 0 Å². The number of carbonyl (C=O) groups excluding carboxylic acids is 1. The summed E-state index contributed by atoms with van der Waals surface area (Å²) < 4.78 is 82.9. The molecule has 24 heavy (non-hydrogen) atoms. The zero-order valence-electron chi connectivity index (χ0n) is 12.0. The third-order valence-electron chi connectivity index (χ3n) is 2.91. The van der Waals surface area contributed by atoms with Gasteiger partial charge in [-0.3, -0.25) is 9.55 Å². The number of rotatable bonds is 8. The van der Waals surface area contributed by atoms with E-state index in [9.17, 15) is 36.2 Å². The lowest BCUT2D eigenvalue weighted by molar-refractivity contribution is -0.270. The molecule has 4 N–H and O–H groups in total. The smallest absolute Gasteiger partial charge is 0.422 e. The summed E-state index contributed by atoms with van der Waals surface area (Å²) >= 11 is 0. The number of hydrogen-bond donors (Lipinski definition) is 3. The number of halogens is 6. The van der Waals surface area contributed by atoms with E-state index in [0.29, 0.717) is 6.07 Å². The van der Waals surface area contributed by atoms with Crippen LogP contribution < -0.4 is 16.7 Å². The van der Waals surface area contributed by atoms with Crippen molar-refractivity contribution in [1.82, 2.24) is 5.48 Å². The van der Waals surface area contributed by atoms with Crippen molar-refractivity contribution in [2.24, 2.45) is 5.73 Å². The number of alkyl halides is 6. The van der Waals surface area contributed by atoms with Gasteiger partial charge in [0.2, 0.25) is 5.91 Å². The van der Waals surface area contributed by atoms with Crippen molar-refractivity contribution >= 4 is 18.5 Å². The fourth-order valence-electron chi connectivity index (χ4n) is 1.68. The SMILES string of the molecule is NCCC(=O)NOB(O)c1ccccc1C(F)(F)C(F)(F)C(F)F. The van der Waals surface area contributed by atoms with Gasteiger partial charge in [-0.25, -0.2) is 14.3 Å². The van der Waals surface area contributed by atoms with Crippen LogP contribution in [0.5, 0.6) is 0 Å². The second kappa shape index (κ2) is 7.86. The highest BCUT2D eigenvalue weighted by Crippen LogP contribution is 2.45. The van der Waals surface area contributed by atoms with Gasteiger partial charge < -0.3 is 10.8 Å². The molecule has 1 aromatic carbocycles. The van der Waals surface area contributed by atoms with Crippen LogP contribution in [-0.2, 0) is 15.5 Å². The summed E-state index contributed by atoms with van der Waals surface area (Å²) in [5.74, 6) is -11.8. The Morgan fingerprint density at radius 3 is 2.42 bits per heavy atom. The van der Waals surface area contributed by atoms with Crippen molar-refractivity contribution in [2.75, 3.05) is 6.54 Å². The van der Waals surface area contributed by atoms with E-state index in [1.807, 2.05) is 0 Å². The van der Waals surface area contributed by atoms with Gasteiger partial charge in [0.25, 0.3) is 0 Å². The van der Waals surface area contributed by atoms with Crippen LogP contribution in [0.15, 0.2) is 24.3 Å². The number of hydroxylamine groups is 1. The quantitative estimate of drug-likeness (QED) is 0.364. The lowest BCUT2D eigenvalue weighted by Crippen LogP contribution is -2.50. The Hall–Kier alpha value is -1.79. The summed E-state index contributed by atoms with van der Waals surface area (Å²) in [5.41, 5.74) is 4.28. The Balaban J connectivity index is 3.09. The van der Waals surface area contributed by atoms with E-state index in [0.717, 1.165) is 18.2 Å². The van der Waals surface area contributed by atoms with Gasteiger partial charge in [0.15, 0.2) is 0 Å². The predicted molar refractivity (Wildman–Crippen MR) is 71.8 cm³/mol. The van der Waals surface area contributed by atoms with Crippen molar-refractivity contribution in [3.8, 4) is 0 Å². The van der Waals surface area contributed by atoms with E-state index in [4.69, 9.17) is 5.73 Å². The normalized spacial score (nSPS) is 12.4. The van der Waals surface area contributed by atoms with Gasteiger partial charge in [0, 0.05) is 18.5 Å². The molecule has 1 aromatic rings. The molecule has 0 spiro atoms. The third kappa shape index (κ3) is 4.19. The molecular weight excluding hydrogens is 345 g/mol. The maximum Gasteiger partial charge on any atom is 0.514 e. The van der Waals surface area contributed by atoms with Crippen LogP contribution in [0.3, 0.4) is 0 Å². The first kappa shape index (κ1) is 20.3. The Kier molecular flexibility index (Phi) is 6.63. The standard InChI is InChI=1S/C12H13BF6N2O3/c14-10(15)12(18,19)11(16,17)7-3-1-2-4-8(7)13(23)24-21-9(22)5-6-20/h1-4,10,23H,5-6,20H2,(H,21,22). The molecule has 0 radical (unpaired) electrons. The summed E-state index contributed by atoms with van der Waals surface area (Å²) in [6.45, 7) is -0.0689. The molecule has 0 aromatic heterocycles. The largest absolute Gasteiger partial charge is 0.514 e. The number of benzene rings is 1. The molecule has 0 fully saturated rings. The maximum absolute atomic E-state index is 13.8. The van der Waals surface area contributed by atoms with Gasteiger partial charge in [-0.15, -0.1) is 0 Å². The number of amides is 1. The first-order valence-corrected chi connectivity index (χ1v) is 6.51. The average molecular weight is 358 g/mol. The van der Waals surface area contributed by atoms with Gasteiger partial charge in [-0.2, -0.15) is 17.6 Å². The minimum Gasteiger partial charge on any atom is -0.422 e. The molecule has 0 heterocycles. The molecule has 12 heteroatoms. The van der Waals surface area contributed by atoms with Gasteiger partial charge in [-0.05, 0) is 5.46 Å². The van der Waals surface area contributed by atoms with Crippen molar-refractivity contribution < 1.29 is 40.9 Å². The molecule has 0 bridgehead atoms. The highest BCUT2D eigenvalue weighted by molar-refractivity contribution is 6.60. The fourth-order valence-corrected chi connectivity index (χ4v) is 1.68. The van der Waals surface area contributed by atoms with Crippen molar-refractivity contribution in [2.45, 2.75) is 24.7 Å². The molecule has 0 unspecified atom stereocenters. The molecule has 0 saturated heterocycles. The van der Waals surface area contributed by atoms with E-state index < -0.39 is 42.3 Å². The first-order chi connectivity index (χ1) is 11.1. The van der Waals surface area contributed by atoms with Crippen molar-refractivity contribution in [3.05, 3.63) is 29.8 Å². The van der Waals surface area contributed by atoms with Crippen molar-refractivity contribution in [1.29, 1.82) is 0 Å². The summed E-state index contributed by atoms with van der Waals surface area (Å²) in [5, 5.41) is 9.65. The third-order valence-corrected chi connectivity index (χ3v) is 2.91. The Morgan fingerprint density at radius 2 is 1.88 bits per heavy atom. The Morgan fingerprint density at radius 1 is 1.29 bits per heavy atom. The predicted octanol–water partition coefficient (Wildman–Crippen LogP) is 0.763. The van der Waals surface area contributed by atoms with E-state index in [2.05, 4.69) is 4.76 Å². The van der Waals surface area contributed by atoms with Crippen LogP contribution in [0.4, 0.5) is 26.3 Å². The molecule has 5 nitrogen and oxygen atoms in total. The van der Waals surface area contributed by atoms with E-state index >= 15 is 0 Å². The zero-order chi connectivity index (χ0) is 18.5. The fraction of sp³-hybridized carbons (Fsp3) is 0.417. The molecule has 0 aliphatic rings. The summed E-state index contributed by atoms with van der Waals surface area (Å²) in [6, 6.07) is 3.20. The van der Waals surface area contributed by atoms with Crippen LogP contribution in [0.25, 0.3) is 0 Å². The molecule has 1 rings (SSSR count). The topological polar surface area (TPSA) is 84.6 Å². The van der Waals surface area contributed by atoms with Crippen LogP contribution in [-0.4, -0.2) is 36.9 Å². The number of hydrogen-bond acceptors (Lipinski definition) is 4. The van der Waals surface area contributed by atoms with Gasteiger partial charge in [-0.1, -0.05) is 24.3 Å². The molecule has 1 amide bonds. The monoisotopic (exact) mass is 358 g/mol.